The number of ether oxygens (including phenoxy) is 2. The van der Waals surface area contributed by atoms with Crippen molar-refractivity contribution in [3.05, 3.63) is 65.7 Å². The van der Waals surface area contributed by atoms with E-state index in [0.29, 0.717) is 31.5 Å². The molecular weight excluding hydrogens is 368 g/mol. The quantitative estimate of drug-likeness (QED) is 0.733. The zero-order valence-electron chi connectivity index (χ0n) is 15.4. The lowest BCUT2D eigenvalue weighted by atomic mass is 9.72. The molecule has 148 valence electrons. The summed E-state index contributed by atoms with van der Waals surface area (Å²) in [6.07, 6.45) is 0.893. The van der Waals surface area contributed by atoms with Crippen molar-refractivity contribution < 1.29 is 27.8 Å². The van der Waals surface area contributed by atoms with E-state index in [-0.39, 0.29) is 17.6 Å². The van der Waals surface area contributed by atoms with Crippen LogP contribution in [0.2, 0.25) is 0 Å². The minimum absolute atomic E-state index is 0.000944. The van der Waals surface area contributed by atoms with Gasteiger partial charge in [-0.05, 0) is 42.7 Å². The van der Waals surface area contributed by atoms with Gasteiger partial charge in [0.05, 0.1) is 12.5 Å². The topological polar surface area (TPSA) is 55.8 Å². The number of rotatable bonds is 5. The van der Waals surface area contributed by atoms with Crippen molar-refractivity contribution >= 4 is 11.9 Å². The first-order chi connectivity index (χ1) is 13.5. The van der Waals surface area contributed by atoms with Crippen LogP contribution in [0.5, 0.6) is 5.75 Å². The second kappa shape index (κ2) is 8.37. The third-order valence-electron chi connectivity index (χ3n) is 5.13. The van der Waals surface area contributed by atoms with Gasteiger partial charge in [0.1, 0.15) is 5.75 Å². The van der Waals surface area contributed by atoms with Crippen molar-refractivity contribution in [2.45, 2.75) is 24.9 Å². The van der Waals surface area contributed by atoms with Crippen molar-refractivity contribution in [1.82, 2.24) is 4.90 Å². The average molecular weight is 389 g/mol. The maximum atomic E-state index is 12.7. The number of hydrogen-bond acceptors (Lipinski definition) is 4. The van der Waals surface area contributed by atoms with Crippen LogP contribution < -0.4 is 4.74 Å². The number of carbonyl (C=O) groups excluding carboxylic acids is 2. The van der Waals surface area contributed by atoms with Gasteiger partial charge >= 0.3 is 12.6 Å². The van der Waals surface area contributed by atoms with E-state index >= 15 is 0 Å². The zero-order valence-corrected chi connectivity index (χ0v) is 15.4. The molecule has 0 aliphatic carbocycles. The summed E-state index contributed by atoms with van der Waals surface area (Å²) in [7, 11) is 1.37. The normalized spacial score (nSPS) is 15.9. The number of likely N-dealkylation sites (tertiary alicyclic amines) is 1. The van der Waals surface area contributed by atoms with Crippen LogP contribution >= 0.6 is 0 Å². The van der Waals surface area contributed by atoms with E-state index < -0.39 is 12.0 Å². The summed E-state index contributed by atoms with van der Waals surface area (Å²) in [6.45, 7) is -2.14. The van der Waals surface area contributed by atoms with E-state index in [2.05, 4.69) is 4.74 Å². The number of alkyl halides is 2. The van der Waals surface area contributed by atoms with Crippen LogP contribution in [0.25, 0.3) is 0 Å². The second-order valence-corrected chi connectivity index (χ2v) is 6.63. The van der Waals surface area contributed by atoms with Gasteiger partial charge in [0, 0.05) is 18.7 Å². The van der Waals surface area contributed by atoms with Crippen LogP contribution in [0.4, 0.5) is 8.78 Å². The summed E-state index contributed by atoms with van der Waals surface area (Å²) >= 11 is 0. The highest BCUT2D eigenvalue weighted by Gasteiger charge is 2.44. The number of halogens is 2. The number of hydrogen-bond donors (Lipinski definition) is 0. The largest absolute Gasteiger partial charge is 0.468 e. The number of methoxy groups -OCH3 is 1. The van der Waals surface area contributed by atoms with Crippen molar-refractivity contribution in [1.29, 1.82) is 0 Å². The highest BCUT2D eigenvalue weighted by molar-refractivity contribution is 5.94. The fraction of sp³-hybridized carbons (Fsp3) is 0.333. The molecule has 1 fully saturated rings. The molecule has 1 heterocycles. The summed E-state index contributed by atoms with van der Waals surface area (Å²) in [5.74, 6) is -0.520. The van der Waals surface area contributed by atoms with Crippen LogP contribution in [-0.2, 0) is 14.9 Å². The molecule has 28 heavy (non-hydrogen) atoms. The van der Waals surface area contributed by atoms with Gasteiger partial charge in [-0.15, -0.1) is 0 Å². The minimum atomic E-state index is -2.91. The molecule has 0 bridgehead atoms. The van der Waals surface area contributed by atoms with Gasteiger partial charge in [0.25, 0.3) is 5.91 Å². The van der Waals surface area contributed by atoms with Crippen LogP contribution in [0.1, 0.15) is 28.8 Å². The minimum Gasteiger partial charge on any atom is -0.468 e. The Morgan fingerprint density at radius 3 is 2.14 bits per heavy atom. The Balaban J connectivity index is 1.72. The molecule has 1 saturated heterocycles. The monoisotopic (exact) mass is 389 g/mol. The van der Waals surface area contributed by atoms with Gasteiger partial charge in [0.2, 0.25) is 0 Å². The number of carbonyl (C=O) groups is 2. The van der Waals surface area contributed by atoms with E-state index in [1.807, 2.05) is 30.3 Å². The van der Waals surface area contributed by atoms with Gasteiger partial charge in [-0.1, -0.05) is 30.3 Å². The molecule has 7 heteroatoms. The summed E-state index contributed by atoms with van der Waals surface area (Å²) in [6, 6.07) is 15.0. The Labute approximate surface area is 161 Å². The molecule has 0 N–H and O–H groups in total. The third kappa shape index (κ3) is 3.98. The lowest BCUT2D eigenvalue weighted by molar-refractivity contribution is -0.149. The van der Waals surface area contributed by atoms with Crippen molar-refractivity contribution in [2.75, 3.05) is 20.2 Å². The predicted molar refractivity (Wildman–Crippen MR) is 98.3 cm³/mol. The molecule has 0 unspecified atom stereocenters. The van der Waals surface area contributed by atoms with E-state index in [0.717, 1.165) is 5.56 Å². The first-order valence-corrected chi connectivity index (χ1v) is 8.94. The van der Waals surface area contributed by atoms with Crippen molar-refractivity contribution in [2.24, 2.45) is 0 Å². The third-order valence-corrected chi connectivity index (χ3v) is 5.13. The summed E-state index contributed by atoms with van der Waals surface area (Å²) in [5.41, 5.74) is 0.483. The Morgan fingerprint density at radius 2 is 1.61 bits per heavy atom. The summed E-state index contributed by atoms with van der Waals surface area (Å²) < 4.78 is 33.8. The summed E-state index contributed by atoms with van der Waals surface area (Å²) in [5, 5.41) is 0. The molecule has 0 spiro atoms. The molecule has 0 aromatic heterocycles. The van der Waals surface area contributed by atoms with Gasteiger partial charge in [-0.3, -0.25) is 9.59 Å². The smallest absolute Gasteiger partial charge is 0.387 e. The Morgan fingerprint density at radius 1 is 1.00 bits per heavy atom. The predicted octanol–water partition coefficient (Wildman–Crippen LogP) is 3.64. The Bertz CT molecular complexity index is 816. The van der Waals surface area contributed by atoms with E-state index in [4.69, 9.17) is 4.74 Å². The van der Waals surface area contributed by atoms with Crippen LogP contribution in [0.15, 0.2) is 54.6 Å². The van der Waals surface area contributed by atoms with Gasteiger partial charge in [0.15, 0.2) is 0 Å². The van der Waals surface area contributed by atoms with Crippen LogP contribution in [-0.4, -0.2) is 43.6 Å². The standard InChI is InChI=1S/C21H21F2NO4/c1-27-19(26)21(16-5-3-2-4-6-16)11-13-24(14-12-21)18(25)15-7-9-17(10-8-15)28-20(22)23/h2-10,20H,11-14H2,1H3. The fourth-order valence-corrected chi connectivity index (χ4v) is 3.62. The second-order valence-electron chi connectivity index (χ2n) is 6.63. The maximum Gasteiger partial charge on any atom is 0.387 e. The Kier molecular flexibility index (Phi) is 5.92. The molecule has 3 rings (SSSR count). The molecule has 1 amide bonds. The molecule has 5 nitrogen and oxygen atoms in total. The molecule has 1 aliphatic heterocycles. The van der Waals surface area contributed by atoms with Crippen molar-refractivity contribution in [3.8, 4) is 5.75 Å². The maximum absolute atomic E-state index is 12.7. The number of amides is 1. The number of esters is 1. The molecule has 0 atom stereocenters. The first-order valence-electron chi connectivity index (χ1n) is 8.94. The molecular formula is C21H21F2NO4. The lowest BCUT2D eigenvalue weighted by Crippen LogP contribution is -2.49. The van der Waals surface area contributed by atoms with E-state index in [1.54, 1.807) is 4.90 Å². The highest BCUT2D eigenvalue weighted by atomic mass is 19.3. The molecule has 2 aromatic rings. The summed E-state index contributed by atoms with van der Waals surface area (Å²) in [4.78, 5) is 27.0. The molecule has 0 radical (unpaired) electrons. The first kappa shape index (κ1) is 19.8. The van der Waals surface area contributed by atoms with E-state index in [9.17, 15) is 18.4 Å². The van der Waals surface area contributed by atoms with Crippen LogP contribution in [0, 0.1) is 0 Å². The highest BCUT2D eigenvalue weighted by Crippen LogP contribution is 2.37. The zero-order chi connectivity index (χ0) is 20.1. The van der Waals surface area contributed by atoms with Gasteiger partial charge < -0.3 is 14.4 Å². The number of benzene rings is 2. The molecule has 0 saturated carbocycles. The Hall–Kier alpha value is -2.96. The lowest BCUT2D eigenvalue weighted by Gasteiger charge is -2.40. The molecule has 1 aliphatic rings. The van der Waals surface area contributed by atoms with E-state index in [1.165, 1.54) is 31.4 Å². The SMILES string of the molecule is COC(=O)C1(c2ccccc2)CCN(C(=O)c2ccc(OC(F)F)cc2)CC1. The fourth-order valence-electron chi connectivity index (χ4n) is 3.62. The van der Waals surface area contributed by atoms with Crippen LogP contribution in [0.3, 0.4) is 0 Å². The van der Waals surface area contributed by atoms with Crippen molar-refractivity contribution in [3.63, 3.8) is 0 Å². The number of piperidine rings is 1. The average Bonchev–Trinajstić information content (AvgIpc) is 2.73. The van der Waals surface area contributed by atoms with Gasteiger partial charge in [-0.25, -0.2) is 0 Å². The molecule has 2 aromatic carbocycles. The number of nitrogens with zero attached hydrogens (tertiary/aromatic N) is 1. The van der Waals surface area contributed by atoms with Gasteiger partial charge in [-0.2, -0.15) is 8.78 Å².